The molecule has 1 unspecified atom stereocenters. The molecule has 0 saturated heterocycles. The van der Waals surface area contributed by atoms with Gasteiger partial charge in [-0.05, 0) is 55.5 Å². The first kappa shape index (κ1) is 19.1. The zero-order valence-corrected chi connectivity index (χ0v) is 13.4. The van der Waals surface area contributed by atoms with Crippen LogP contribution in [0.4, 0.5) is 18.9 Å². The molecule has 0 bridgehead atoms. The van der Waals surface area contributed by atoms with E-state index in [9.17, 15) is 22.8 Å². The summed E-state index contributed by atoms with van der Waals surface area (Å²) in [6, 6.07) is 9.77. The molecule has 2 rings (SSSR count). The number of amides is 1. The number of carbonyl (C=O) groups is 2. The van der Waals surface area contributed by atoms with Gasteiger partial charge in [0.1, 0.15) is 11.5 Å². The minimum Gasteiger partial charge on any atom is -0.508 e. The monoisotopic (exact) mass is 369 g/mol. The van der Waals surface area contributed by atoms with Crippen LogP contribution in [0.3, 0.4) is 0 Å². The number of phenols is 1. The van der Waals surface area contributed by atoms with Gasteiger partial charge in [-0.2, -0.15) is 0 Å². The second-order valence-corrected chi connectivity index (χ2v) is 5.16. The van der Waals surface area contributed by atoms with Crippen LogP contribution in [0.1, 0.15) is 17.3 Å². The average molecular weight is 369 g/mol. The molecule has 0 radical (unpaired) electrons. The zero-order valence-electron chi connectivity index (χ0n) is 13.4. The third-order valence-corrected chi connectivity index (χ3v) is 3.11. The lowest BCUT2D eigenvalue weighted by Gasteiger charge is -2.14. The van der Waals surface area contributed by atoms with E-state index >= 15 is 0 Å². The van der Waals surface area contributed by atoms with Gasteiger partial charge in [-0.25, -0.2) is 4.79 Å². The minimum absolute atomic E-state index is 0.0229. The van der Waals surface area contributed by atoms with Gasteiger partial charge in [0, 0.05) is 5.69 Å². The number of benzene rings is 2. The molecule has 9 heteroatoms. The van der Waals surface area contributed by atoms with E-state index in [0.29, 0.717) is 0 Å². The topological polar surface area (TPSA) is 84.9 Å². The van der Waals surface area contributed by atoms with Crippen LogP contribution in [0.2, 0.25) is 0 Å². The van der Waals surface area contributed by atoms with Gasteiger partial charge in [-0.15, -0.1) is 13.2 Å². The van der Waals surface area contributed by atoms with E-state index in [1.165, 1.54) is 43.3 Å². The number of alkyl halides is 3. The molecule has 1 amide bonds. The van der Waals surface area contributed by atoms with E-state index < -0.39 is 30.1 Å². The van der Waals surface area contributed by atoms with Crippen LogP contribution in [-0.2, 0) is 9.53 Å². The van der Waals surface area contributed by atoms with E-state index in [-0.39, 0.29) is 17.0 Å². The van der Waals surface area contributed by atoms with Crippen molar-refractivity contribution in [3.63, 3.8) is 0 Å². The van der Waals surface area contributed by atoms with Crippen molar-refractivity contribution in [2.75, 3.05) is 5.32 Å². The molecule has 2 N–H and O–H groups in total. The predicted molar refractivity (Wildman–Crippen MR) is 84.7 cm³/mol. The lowest BCUT2D eigenvalue weighted by molar-refractivity contribution is -0.274. The summed E-state index contributed by atoms with van der Waals surface area (Å²) in [4.78, 5) is 23.9. The maximum absolute atomic E-state index is 12.1. The van der Waals surface area contributed by atoms with Gasteiger partial charge in [0.2, 0.25) is 0 Å². The molecule has 0 fully saturated rings. The van der Waals surface area contributed by atoms with E-state index in [4.69, 9.17) is 9.84 Å². The normalized spacial score (nSPS) is 12.2. The summed E-state index contributed by atoms with van der Waals surface area (Å²) in [5.41, 5.74) is 0.355. The van der Waals surface area contributed by atoms with Crippen molar-refractivity contribution >= 4 is 17.6 Å². The Kier molecular flexibility index (Phi) is 5.71. The van der Waals surface area contributed by atoms with Crippen LogP contribution in [0, 0.1) is 0 Å². The van der Waals surface area contributed by atoms with Crippen LogP contribution in [-0.4, -0.2) is 29.4 Å². The van der Waals surface area contributed by atoms with Gasteiger partial charge >= 0.3 is 12.3 Å². The summed E-state index contributed by atoms with van der Waals surface area (Å²) in [6.45, 7) is 1.34. The van der Waals surface area contributed by atoms with Crippen LogP contribution >= 0.6 is 0 Å². The molecule has 0 aliphatic rings. The molecule has 2 aromatic rings. The molecule has 6 nitrogen and oxygen atoms in total. The molecule has 0 aliphatic carbocycles. The van der Waals surface area contributed by atoms with E-state index in [2.05, 4.69) is 10.1 Å². The van der Waals surface area contributed by atoms with Crippen LogP contribution in [0.5, 0.6) is 11.5 Å². The Morgan fingerprint density at radius 3 is 2.15 bits per heavy atom. The first-order chi connectivity index (χ1) is 12.1. The highest BCUT2D eigenvalue weighted by molar-refractivity contribution is 5.97. The predicted octanol–water partition coefficient (Wildman–Crippen LogP) is 3.47. The molecular weight excluding hydrogens is 355 g/mol. The Hall–Kier alpha value is -3.23. The van der Waals surface area contributed by atoms with Crippen LogP contribution < -0.4 is 10.1 Å². The lowest BCUT2D eigenvalue weighted by Crippen LogP contribution is -2.30. The van der Waals surface area contributed by atoms with Crippen molar-refractivity contribution in [3.8, 4) is 11.5 Å². The van der Waals surface area contributed by atoms with Gasteiger partial charge in [0.15, 0.2) is 6.10 Å². The molecule has 0 saturated carbocycles. The number of aromatic hydroxyl groups is 1. The number of halogens is 3. The van der Waals surface area contributed by atoms with Crippen LogP contribution in [0.15, 0.2) is 48.5 Å². The summed E-state index contributed by atoms with van der Waals surface area (Å²) < 4.78 is 45.0. The van der Waals surface area contributed by atoms with Crippen molar-refractivity contribution in [2.24, 2.45) is 0 Å². The molecule has 26 heavy (non-hydrogen) atoms. The van der Waals surface area contributed by atoms with Crippen molar-refractivity contribution in [3.05, 3.63) is 54.1 Å². The number of ether oxygens (including phenoxy) is 2. The fourth-order valence-corrected chi connectivity index (χ4v) is 1.86. The van der Waals surface area contributed by atoms with Gasteiger partial charge in [-0.1, -0.05) is 0 Å². The summed E-state index contributed by atoms with van der Waals surface area (Å²) in [5, 5.41) is 11.6. The summed E-state index contributed by atoms with van der Waals surface area (Å²) in [7, 11) is 0. The summed E-state index contributed by atoms with van der Waals surface area (Å²) in [5.74, 6) is -1.88. The number of nitrogens with one attached hydrogen (secondary N) is 1. The molecule has 1 atom stereocenters. The lowest BCUT2D eigenvalue weighted by atomic mass is 10.2. The molecule has 0 aliphatic heterocycles. The Bertz CT molecular complexity index is 772. The first-order valence-electron chi connectivity index (χ1n) is 7.31. The molecule has 0 heterocycles. The molecular formula is C17H14F3NO5. The van der Waals surface area contributed by atoms with Gasteiger partial charge in [-0.3, -0.25) is 4.79 Å². The number of carbonyl (C=O) groups excluding carboxylic acids is 2. The number of hydrogen-bond donors (Lipinski definition) is 2. The summed E-state index contributed by atoms with van der Waals surface area (Å²) in [6.07, 6.45) is -5.95. The van der Waals surface area contributed by atoms with E-state index in [1.807, 2.05) is 0 Å². The summed E-state index contributed by atoms with van der Waals surface area (Å²) >= 11 is 0. The van der Waals surface area contributed by atoms with Crippen molar-refractivity contribution in [1.29, 1.82) is 0 Å². The fraction of sp³-hybridized carbons (Fsp3) is 0.176. The van der Waals surface area contributed by atoms with Gasteiger partial charge in [0.05, 0.1) is 5.56 Å². The highest BCUT2D eigenvalue weighted by atomic mass is 19.4. The minimum atomic E-state index is -4.80. The van der Waals surface area contributed by atoms with Gasteiger partial charge in [0.25, 0.3) is 5.91 Å². The molecule has 0 aromatic heterocycles. The Morgan fingerprint density at radius 1 is 1.04 bits per heavy atom. The first-order valence-corrected chi connectivity index (χ1v) is 7.31. The highest BCUT2D eigenvalue weighted by Crippen LogP contribution is 2.24. The smallest absolute Gasteiger partial charge is 0.508 e. The molecule has 0 spiro atoms. The van der Waals surface area contributed by atoms with E-state index in [0.717, 1.165) is 12.1 Å². The number of anilines is 1. The largest absolute Gasteiger partial charge is 0.573 e. The third-order valence-electron chi connectivity index (χ3n) is 3.11. The number of phenolic OH excluding ortho intramolecular Hbond substituents is 1. The number of esters is 1. The maximum atomic E-state index is 12.1. The third kappa shape index (κ3) is 5.69. The van der Waals surface area contributed by atoms with Crippen molar-refractivity contribution in [2.45, 2.75) is 19.4 Å². The quantitative estimate of drug-likeness (QED) is 0.789. The van der Waals surface area contributed by atoms with E-state index in [1.54, 1.807) is 0 Å². The van der Waals surface area contributed by atoms with Crippen molar-refractivity contribution in [1.82, 2.24) is 0 Å². The second-order valence-electron chi connectivity index (χ2n) is 5.16. The second kappa shape index (κ2) is 7.77. The Labute approximate surface area is 146 Å². The standard InChI is InChI=1S/C17H14F3NO5/c1-10(25-16(24)11-2-6-13(22)7-3-11)15(23)21-12-4-8-14(9-5-12)26-17(18,19)20/h2-10,22H,1H3,(H,21,23). The molecule has 138 valence electrons. The number of rotatable bonds is 5. The maximum Gasteiger partial charge on any atom is 0.573 e. The van der Waals surface area contributed by atoms with Crippen molar-refractivity contribution < 1.29 is 37.3 Å². The SMILES string of the molecule is CC(OC(=O)c1ccc(O)cc1)C(=O)Nc1ccc(OC(F)(F)F)cc1. The van der Waals surface area contributed by atoms with Gasteiger partial charge < -0.3 is 19.9 Å². The Morgan fingerprint density at radius 2 is 1.62 bits per heavy atom. The Balaban J connectivity index is 1.92. The zero-order chi connectivity index (χ0) is 19.3. The van der Waals surface area contributed by atoms with Crippen LogP contribution in [0.25, 0.3) is 0 Å². The highest BCUT2D eigenvalue weighted by Gasteiger charge is 2.31. The fourth-order valence-electron chi connectivity index (χ4n) is 1.86. The average Bonchev–Trinajstić information content (AvgIpc) is 2.55. The number of hydrogen-bond acceptors (Lipinski definition) is 5. The molecule has 2 aromatic carbocycles.